The molecule has 0 spiro atoms. The van der Waals surface area contributed by atoms with Crippen LogP contribution in [0.1, 0.15) is 52.3 Å². The maximum atomic E-state index is 12.3. The minimum Gasteiger partial charge on any atom is -0.328 e. The first-order chi connectivity index (χ1) is 8.86. The van der Waals surface area contributed by atoms with Gasteiger partial charge in [0.25, 0.3) is 0 Å². The van der Waals surface area contributed by atoms with E-state index in [0.29, 0.717) is 6.42 Å². The van der Waals surface area contributed by atoms with Gasteiger partial charge in [0.05, 0.1) is 11.7 Å². The predicted octanol–water partition coefficient (Wildman–Crippen LogP) is 1.69. The fourth-order valence-corrected chi connectivity index (χ4v) is 2.92. The molecule has 1 fully saturated rings. The lowest BCUT2D eigenvalue weighted by Gasteiger charge is -2.47. The van der Waals surface area contributed by atoms with Crippen LogP contribution in [0.4, 0.5) is 0 Å². The lowest BCUT2D eigenvalue weighted by atomic mass is 9.89. The number of carbonyl (C=O) groups excluding carboxylic acids is 1. The van der Waals surface area contributed by atoms with E-state index in [-0.39, 0.29) is 23.5 Å². The topological polar surface area (TPSA) is 64.2 Å². The summed E-state index contributed by atoms with van der Waals surface area (Å²) in [5.41, 5.74) is 7.11. The number of nitrogens with two attached hydrogens (primary N) is 1. The molecule has 2 N–H and O–H groups in total. The molecule has 0 saturated carbocycles. The van der Waals surface area contributed by atoms with Gasteiger partial charge in [-0.15, -0.1) is 0 Å². The van der Waals surface area contributed by atoms with E-state index in [4.69, 9.17) is 5.73 Å². The third-order valence-corrected chi connectivity index (χ3v) is 3.72. The molecule has 1 aliphatic heterocycles. The van der Waals surface area contributed by atoms with Gasteiger partial charge < -0.3 is 10.6 Å². The Morgan fingerprint density at radius 3 is 2.74 bits per heavy atom. The highest BCUT2D eigenvalue weighted by atomic mass is 16.2. The number of rotatable bonds is 2. The van der Waals surface area contributed by atoms with E-state index in [9.17, 15) is 4.79 Å². The van der Waals surface area contributed by atoms with E-state index in [0.717, 1.165) is 18.7 Å². The third-order valence-electron chi connectivity index (χ3n) is 3.72. The van der Waals surface area contributed by atoms with Crippen molar-refractivity contribution < 1.29 is 4.79 Å². The summed E-state index contributed by atoms with van der Waals surface area (Å²) in [6, 6.07) is 1.87. The van der Waals surface area contributed by atoms with Crippen LogP contribution < -0.4 is 5.73 Å². The lowest BCUT2D eigenvalue weighted by Crippen LogP contribution is -2.56. The summed E-state index contributed by atoms with van der Waals surface area (Å²) in [7, 11) is 0. The van der Waals surface area contributed by atoms with Crippen LogP contribution in [0.3, 0.4) is 0 Å². The van der Waals surface area contributed by atoms with E-state index in [2.05, 4.69) is 25.9 Å². The summed E-state index contributed by atoms with van der Waals surface area (Å²) in [5.74, 6) is 0.183. The van der Waals surface area contributed by atoms with Gasteiger partial charge in [-0.3, -0.25) is 9.48 Å². The molecule has 2 unspecified atom stereocenters. The summed E-state index contributed by atoms with van der Waals surface area (Å²) in [4.78, 5) is 14.3. The van der Waals surface area contributed by atoms with Crippen molar-refractivity contribution >= 4 is 5.91 Å². The standard InChI is InChI=1S/C14H24N4O/c1-5-17-11(8-9-16-17)13-10(15)6-7-12(19)18(13)14(2,3)4/h8-10,13H,5-7,15H2,1-4H3. The molecule has 1 amide bonds. The van der Waals surface area contributed by atoms with Gasteiger partial charge in [0, 0.05) is 30.7 Å². The van der Waals surface area contributed by atoms with Gasteiger partial charge in [-0.2, -0.15) is 5.10 Å². The molecule has 0 radical (unpaired) electrons. The number of hydrogen-bond donors (Lipinski definition) is 1. The normalized spacial score (nSPS) is 24.9. The Morgan fingerprint density at radius 1 is 1.47 bits per heavy atom. The van der Waals surface area contributed by atoms with Crippen molar-refractivity contribution in [2.75, 3.05) is 0 Å². The van der Waals surface area contributed by atoms with E-state index >= 15 is 0 Å². The van der Waals surface area contributed by atoms with E-state index in [1.54, 1.807) is 6.20 Å². The van der Waals surface area contributed by atoms with Crippen LogP contribution in [-0.2, 0) is 11.3 Å². The Balaban J connectivity index is 2.45. The Labute approximate surface area is 114 Å². The van der Waals surface area contributed by atoms with Gasteiger partial charge in [-0.1, -0.05) is 0 Å². The third kappa shape index (κ3) is 2.52. The SMILES string of the molecule is CCn1nccc1C1C(N)CCC(=O)N1C(C)(C)C. The minimum absolute atomic E-state index is 0.0288. The van der Waals surface area contributed by atoms with Gasteiger partial charge in [0.1, 0.15) is 0 Å². The second kappa shape index (κ2) is 4.96. The molecule has 1 aromatic rings. The minimum atomic E-state index is -0.234. The number of aromatic nitrogens is 2. The van der Waals surface area contributed by atoms with Crippen molar-refractivity contribution in [1.29, 1.82) is 0 Å². The van der Waals surface area contributed by atoms with Crippen LogP contribution >= 0.6 is 0 Å². The Bertz CT molecular complexity index is 460. The van der Waals surface area contributed by atoms with E-state index < -0.39 is 0 Å². The van der Waals surface area contributed by atoms with Crippen LogP contribution in [-0.4, -0.2) is 32.2 Å². The molecule has 1 aliphatic rings. The number of amides is 1. The zero-order valence-corrected chi connectivity index (χ0v) is 12.3. The number of carbonyl (C=O) groups is 1. The molecular weight excluding hydrogens is 240 g/mol. The molecule has 0 aromatic carbocycles. The highest BCUT2D eigenvalue weighted by molar-refractivity contribution is 5.78. The molecule has 5 nitrogen and oxygen atoms in total. The van der Waals surface area contributed by atoms with Gasteiger partial charge in [0.15, 0.2) is 0 Å². The predicted molar refractivity (Wildman–Crippen MR) is 74.5 cm³/mol. The molecule has 1 saturated heterocycles. The maximum Gasteiger partial charge on any atom is 0.223 e. The number of aryl methyl sites for hydroxylation is 1. The first-order valence-corrected chi connectivity index (χ1v) is 6.95. The molecule has 1 aromatic heterocycles. The van der Waals surface area contributed by atoms with Crippen LogP contribution in [0.25, 0.3) is 0 Å². The van der Waals surface area contributed by atoms with Gasteiger partial charge in [0.2, 0.25) is 5.91 Å². The summed E-state index contributed by atoms with van der Waals surface area (Å²) in [6.07, 6.45) is 3.06. The highest BCUT2D eigenvalue weighted by Gasteiger charge is 2.41. The zero-order chi connectivity index (χ0) is 14.2. The van der Waals surface area contributed by atoms with Crippen molar-refractivity contribution in [3.8, 4) is 0 Å². The van der Waals surface area contributed by atoms with Crippen LogP contribution in [0.15, 0.2) is 12.3 Å². The van der Waals surface area contributed by atoms with Gasteiger partial charge in [-0.05, 0) is 40.2 Å². The van der Waals surface area contributed by atoms with Crippen molar-refractivity contribution in [2.45, 2.75) is 64.7 Å². The van der Waals surface area contributed by atoms with Crippen LogP contribution in [0.2, 0.25) is 0 Å². The number of nitrogens with zero attached hydrogens (tertiary/aromatic N) is 3. The van der Waals surface area contributed by atoms with Crippen LogP contribution in [0.5, 0.6) is 0 Å². The Hall–Kier alpha value is -1.36. The lowest BCUT2D eigenvalue weighted by molar-refractivity contribution is -0.144. The summed E-state index contributed by atoms with van der Waals surface area (Å²) in [5, 5.41) is 4.31. The quantitative estimate of drug-likeness (QED) is 0.884. The Kier molecular flexibility index (Phi) is 3.67. The van der Waals surface area contributed by atoms with Crippen LogP contribution in [0, 0.1) is 0 Å². The molecule has 19 heavy (non-hydrogen) atoms. The fourth-order valence-electron chi connectivity index (χ4n) is 2.92. The molecule has 106 valence electrons. The first-order valence-electron chi connectivity index (χ1n) is 6.95. The maximum absolute atomic E-state index is 12.3. The summed E-state index contributed by atoms with van der Waals surface area (Å²) in [6.45, 7) is 9.01. The fraction of sp³-hybridized carbons (Fsp3) is 0.714. The van der Waals surface area contributed by atoms with Crippen molar-refractivity contribution in [1.82, 2.24) is 14.7 Å². The average Bonchev–Trinajstić information content (AvgIpc) is 2.78. The molecule has 2 atom stereocenters. The average molecular weight is 264 g/mol. The number of likely N-dealkylation sites (tertiary alicyclic amines) is 1. The van der Waals surface area contributed by atoms with Crippen molar-refractivity contribution in [2.24, 2.45) is 5.73 Å². The second-order valence-corrected chi connectivity index (χ2v) is 6.15. The van der Waals surface area contributed by atoms with Crippen molar-refractivity contribution in [3.05, 3.63) is 18.0 Å². The molecule has 2 heterocycles. The highest BCUT2D eigenvalue weighted by Crippen LogP contribution is 2.36. The molecule has 0 aliphatic carbocycles. The molecule has 5 heteroatoms. The number of piperidine rings is 1. The molecular formula is C14H24N4O. The Morgan fingerprint density at radius 2 is 2.16 bits per heavy atom. The van der Waals surface area contributed by atoms with Gasteiger partial charge >= 0.3 is 0 Å². The summed E-state index contributed by atoms with van der Waals surface area (Å²) < 4.78 is 1.93. The smallest absolute Gasteiger partial charge is 0.223 e. The number of hydrogen-bond acceptors (Lipinski definition) is 3. The van der Waals surface area contributed by atoms with E-state index in [1.165, 1.54) is 0 Å². The second-order valence-electron chi connectivity index (χ2n) is 6.15. The monoisotopic (exact) mass is 264 g/mol. The zero-order valence-electron chi connectivity index (χ0n) is 12.3. The largest absolute Gasteiger partial charge is 0.328 e. The van der Waals surface area contributed by atoms with Crippen molar-refractivity contribution in [3.63, 3.8) is 0 Å². The first kappa shape index (κ1) is 14.1. The van der Waals surface area contributed by atoms with Gasteiger partial charge in [-0.25, -0.2) is 0 Å². The summed E-state index contributed by atoms with van der Waals surface area (Å²) >= 11 is 0. The molecule has 2 rings (SSSR count). The van der Waals surface area contributed by atoms with E-state index in [1.807, 2.05) is 22.6 Å². The molecule has 0 bridgehead atoms.